The molecule has 1 atom stereocenters. The van der Waals surface area contributed by atoms with E-state index < -0.39 is 10.1 Å². The molecule has 0 aliphatic rings. The fraction of sp³-hybridized carbons (Fsp3) is 0.458. The Kier molecular flexibility index (Phi) is 8.90. The number of rotatable bonds is 11. The van der Waals surface area contributed by atoms with Gasteiger partial charge in [-0.2, -0.15) is 8.42 Å². The first-order chi connectivity index (χ1) is 14.3. The van der Waals surface area contributed by atoms with Gasteiger partial charge >= 0.3 is 10.1 Å². The molecule has 0 fully saturated rings. The Morgan fingerprint density at radius 2 is 1.73 bits per heavy atom. The second-order valence-electron chi connectivity index (χ2n) is 7.57. The third kappa shape index (κ3) is 6.87. The van der Waals surface area contributed by atoms with Crippen LogP contribution in [-0.2, 0) is 23.1 Å². The number of unbranched alkanes of at least 4 members (excludes halogenated alkanes) is 1. The smallest absolute Gasteiger partial charge is 0.308 e. The van der Waals surface area contributed by atoms with Gasteiger partial charge in [-0.15, -0.1) is 0 Å². The molecular weight excluding hydrogens is 398 g/mol. The Labute approximate surface area is 181 Å². The molecule has 0 heterocycles. The summed E-state index contributed by atoms with van der Waals surface area (Å²) >= 11 is 0. The van der Waals surface area contributed by atoms with Crippen LogP contribution >= 0.6 is 0 Å². The van der Waals surface area contributed by atoms with Crippen molar-refractivity contribution in [3.63, 3.8) is 0 Å². The summed E-state index contributed by atoms with van der Waals surface area (Å²) in [4.78, 5) is 15.1. The second kappa shape index (κ2) is 11.2. The molecule has 6 heteroatoms. The summed E-state index contributed by atoms with van der Waals surface area (Å²) in [6.07, 6.45) is 4.12. The van der Waals surface area contributed by atoms with E-state index in [4.69, 9.17) is 4.18 Å². The highest BCUT2D eigenvalue weighted by Crippen LogP contribution is 2.20. The second-order valence-corrected chi connectivity index (χ2v) is 9.43. The van der Waals surface area contributed by atoms with E-state index in [1.54, 1.807) is 18.2 Å². The molecule has 0 saturated heterocycles. The largest absolute Gasteiger partial charge is 0.382 e. The molecule has 5 nitrogen and oxygen atoms in total. The highest BCUT2D eigenvalue weighted by Gasteiger charge is 2.21. The predicted molar refractivity (Wildman–Crippen MR) is 121 cm³/mol. The highest BCUT2D eigenvalue weighted by molar-refractivity contribution is 7.87. The number of carbonyl (C=O) groups is 1. The van der Waals surface area contributed by atoms with Crippen molar-refractivity contribution in [2.45, 2.75) is 66.0 Å². The molecule has 0 spiro atoms. The van der Waals surface area contributed by atoms with Gasteiger partial charge in [0.25, 0.3) is 5.91 Å². The molecule has 0 aromatic heterocycles. The van der Waals surface area contributed by atoms with Crippen LogP contribution in [0.3, 0.4) is 0 Å². The van der Waals surface area contributed by atoms with E-state index in [1.165, 1.54) is 12.5 Å². The average molecular weight is 432 g/mol. The summed E-state index contributed by atoms with van der Waals surface area (Å²) in [7, 11) is -3.59. The van der Waals surface area contributed by atoms with Gasteiger partial charge in [-0.05, 0) is 68.5 Å². The van der Waals surface area contributed by atoms with Crippen LogP contribution in [0.4, 0.5) is 0 Å². The summed E-state index contributed by atoms with van der Waals surface area (Å²) < 4.78 is 28.6. The lowest BCUT2D eigenvalue weighted by Gasteiger charge is -2.29. The van der Waals surface area contributed by atoms with Gasteiger partial charge in [0.1, 0.15) is 5.75 Å². The van der Waals surface area contributed by atoms with E-state index in [0.29, 0.717) is 12.1 Å². The van der Waals surface area contributed by atoms with Crippen molar-refractivity contribution in [2.24, 2.45) is 0 Å². The first kappa shape index (κ1) is 23.9. The summed E-state index contributed by atoms with van der Waals surface area (Å²) in [6.45, 7) is 8.16. The zero-order valence-corrected chi connectivity index (χ0v) is 19.2. The third-order valence-electron chi connectivity index (χ3n) is 5.23. The molecule has 1 amide bonds. The Balaban J connectivity index is 2.21. The lowest BCUT2D eigenvalue weighted by Crippen LogP contribution is -2.37. The highest BCUT2D eigenvalue weighted by atomic mass is 32.2. The summed E-state index contributed by atoms with van der Waals surface area (Å²) in [6, 6.07) is 14.8. The number of amides is 1. The van der Waals surface area contributed by atoms with Crippen LogP contribution in [0.15, 0.2) is 48.5 Å². The number of carbonyl (C=O) groups excluding carboxylic acids is 1. The summed E-state index contributed by atoms with van der Waals surface area (Å²) in [5.41, 5.74) is 2.73. The first-order valence-corrected chi connectivity index (χ1v) is 12.3. The molecule has 0 aliphatic heterocycles. The van der Waals surface area contributed by atoms with Crippen LogP contribution in [0.25, 0.3) is 0 Å². The van der Waals surface area contributed by atoms with E-state index in [-0.39, 0.29) is 23.5 Å². The summed E-state index contributed by atoms with van der Waals surface area (Å²) in [5.74, 6) is 0.147. The number of hydrogen-bond acceptors (Lipinski definition) is 4. The molecular formula is C24H33NO4S. The molecule has 2 rings (SSSR count). The number of aryl methyl sites for hydroxylation is 1. The molecule has 2 aromatic rings. The Bertz CT molecular complexity index is 922. The van der Waals surface area contributed by atoms with Crippen LogP contribution in [-0.4, -0.2) is 31.0 Å². The molecule has 164 valence electrons. The fourth-order valence-electron chi connectivity index (χ4n) is 3.11. The normalized spacial score (nSPS) is 12.4. The molecule has 0 radical (unpaired) electrons. The zero-order valence-electron chi connectivity index (χ0n) is 18.4. The molecule has 0 aliphatic carbocycles. The molecule has 2 aromatic carbocycles. The zero-order chi connectivity index (χ0) is 22.1. The number of hydrogen-bond donors (Lipinski definition) is 0. The van der Waals surface area contributed by atoms with Crippen molar-refractivity contribution in [3.05, 3.63) is 65.2 Å². The van der Waals surface area contributed by atoms with Gasteiger partial charge < -0.3 is 9.08 Å². The minimum absolute atomic E-state index is 0.0288. The van der Waals surface area contributed by atoms with Gasteiger partial charge in [-0.1, -0.05) is 44.5 Å². The van der Waals surface area contributed by atoms with Crippen molar-refractivity contribution in [2.75, 3.05) is 5.75 Å². The first-order valence-electron chi connectivity index (χ1n) is 10.7. The van der Waals surface area contributed by atoms with Gasteiger partial charge in [0.15, 0.2) is 0 Å². The van der Waals surface area contributed by atoms with Crippen LogP contribution in [0, 0.1) is 0 Å². The van der Waals surface area contributed by atoms with Crippen molar-refractivity contribution >= 4 is 16.0 Å². The minimum atomic E-state index is -3.59. The van der Waals surface area contributed by atoms with Gasteiger partial charge in [-0.25, -0.2) is 0 Å². The van der Waals surface area contributed by atoms with E-state index in [9.17, 15) is 13.2 Å². The lowest BCUT2D eigenvalue weighted by atomic mass is 10.0. The topological polar surface area (TPSA) is 63.7 Å². The molecule has 0 N–H and O–H groups in total. The Morgan fingerprint density at radius 1 is 1.03 bits per heavy atom. The van der Waals surface area contributed by atoms with E-state index in [1.807, 2.05) is 49.1 Å². The Morgan fingerprint density at radius 3 is 2.33 bits per heavy atom. The predicted octanol–water partition coefficient (Wildman–Crippen LogP) is 5.20. The quantitative estimate of drug-likeness (QED) is 0.459. The molecule has 0 saturated carbocycles. The van der Waals surface area contributed by atoms with Crippen molar-refractivity contribution in [1.29, 1.82) is 0 Å². The standard InChI is InChI=1S/C24H33NO4S/c1-5-8-10-20-13-15-22(16-14-20)24(26)25(19(4)6-2)18-21-11-9-12-23(17-21)29-30(27,28)7-3/h9,11-17,19H,5-8,10,18H2,1-4H3/t19-/m1/s1. The SMILES string of the molecule is CCCCc1ccc(C(=O)N(Cc2cccc(OS(=O)(=O)CC)c2)[C@H](C)CC)cc1. The van der Waals surface area contributed by atoms with E-state index in [0.717, 1.165) is 31.2 Å². The maximum absolute atomic E-state index is 13.2. The molecule has 30 heavy (non-hydrogen) atoms. The fourth-order valence-corrected chi connectivity index (χ4v) is 3.62. The molecule has 0 unspecified atom stereocenters. The third-order valence-corrected chi connectivity index (χ3v) is 6.39. The van der Waals surface area contributed by atoms with Crippen LogP contribution in [0.2, 0.25) is 0 Å². The molecule has 0 bridgehead atoms. The van der Waals surface area contributed by atoms with Crippen LogP contribution in [0.1, 0.15) is 68.4 Å². The number of benzene rings is 2. The maximum Gasteiger partial charge on any atom is 0.308 e. The van der Waals surface area contributed by atoms with Crippen LogP contribution < -0.4 is 4.18 Å². The lowest BCUT2D eigenvalue weighted by molar-refractivity contribution is 0.0671. The van der Waals surface area contributed by atoms with Gasteiger partial charge in [0.2, 0.25) is 0 Å². The van der Waals surface area contributed by atoms with Crippen molar-refractivity contribution in [1.82, 2.24) is 4.90 Å². The van der Waals surface area contributed by atoms with Crippen LogP contribution in [0.5, 0.6) is 5.75 Å². The van der Waals surface area contributed by atoms with Gasteiger partial charge in [0, 0.05) is 18.2 Å². The summed E-state index contributed by atoms with van der Waals surface area (Å²) in [5, 5.41) is 0. The van der Waals surface area contributed by atoms with Gasteiger partial charge in [0.05, 0.1) is 5.75 Å². The van der Waals surface area contributed by atoms with E-state index in [2.05, 4.69) is 6.92 Å². The average Bonchev–Trinajstić information content (AvgIpc) is 2.75. The minimum Gasteiger partial charge on any atom is -0.382 e. The number of nitrogens with zero attached hydrogens (tertiary/aromatic N) is 1. The monoisotopic (exact) mass is 431 g/mol. The Hall–Kier alpha value is -2.34. The van der Waals surface area contributed by atoms with Crippen molar-refractivity contribution in [3.8, 4) is 5.75 Å². The van der Waals surface area contributed by atoms with E-state index >= 15 is 0 Å². The maximum atomic E-state index is 13.2. The van der Waals surface area contributed by atoms with Gasteiger partial charge in [-0.3, -0.25) is 4.79 Å². The van der Waals surface area contributed by atoms with Crippen molar-refractivity contribution < 1.29 is 17.4 Å².